The van der Waals surface area contributed by atoms with Crippen LogP contribution in [0.15, 0.2) is 194 Å². The summed E-state index contributed by atoms with van der Waals surface area (Å²) in [6.07, 6.45) is 7.06. The molecule has 0 saturated heterocycles. The van der Waals surface area contributed by atoms with Crippen LogP contribution >= 0.6 is 0 Å². The van der Waals surface area contributed by atoms with Crippen molar-refractivity contribution >= 4 is 38.9 Å². The minimum atomic E-state index is 0.157. The molecule has 4 bridgehead atoms. The van der Waals surface area contributed by atoms with Crippen LogP contribution in [0.25, 0.3) is 60.9 Å². The van der Waals surface area contributed by atoms with Crippen LogP contribution in [-0.4, -0.2) is 4.57 Å². The van der Waals surface area contributed by atoms with Gasteiger partial charge in [0.25, 0.3) is 0 Å². The van der Waals surface area contributed by atoms with Crippen molar-refractivity contribution in [2.45, 2.75) is 37.5 Å². The number of hydrogen-bond acceptors (Lipinski definition) is 1. The molecule has 288 valence electrons. The van der Waals surface area contributed by atoms with E-state index in [1.54, 1.807) is 11.1 Å². The third kappa shape index (κ3) is 5.00. The van der Waals surface area contributed by atoms with Gasteiger partial charge in [-0.1, -0.05) is 133 Å². The topological polar surface area (TPSA) is 8.17 Å². The maximum absolute atomic E-state index is 2.55. The first-order chi connectivity index (χ1) is 29.7. The number of fused-ring (bicyclic) bond motifs is 6. The molecule has 0 N–H and O–H groups in total. The maximum Gasteiger partial charge on any atom is 0.0541 e. The van der Waals surface area contributed by atoms with Crippen molar-refractivity contribution in [2.24, 2.45) is 23.7 Å². The monoisotopic (exact) mass is 770 g/mol. The molecule has 14 rings (SSSR count). The third-order valence-electron chi connectivity index (χ3n) is 15.2. The molecule has 0 atom stereocenters. The highest BCUT2D eigenvalue weighted by Crippen LogP contribution is 2.69. The zero-order valence-corrected chi connectivity index (χ0v) is 33.7. The summed E-state index contributed by atoms with van der Waals surface area (Å²) in [6.45, 7) is 0. The quantitative estimate of drug-likeness (QED) is 0.163. The van der Waals surface area contributed by atoms with Gasteiger partial charge in [-0.05, 0) is 161 Å². The summed E-state index contributed by atoms with van der Waals surface area (Å²) in [5, 5.41) is 2.56. The van der Waals surface area contributed by atoms with E-state index in [0.29, 0.717) is 0 Å². The second-order valence-corrected chi connectivity index (χ2v) is 18.2. The largest absolute Gasteiger partial charge is 0.310 e. The first-order valence-corrected chi connectivity index (χ1v) is 22.1. The summed E-state index contributed by atoms with van der Waals surface area (Å²) in [7, 11) is 0. The second kappa shape index (κ2) is 13.2. The first kappa shape index (κ1) is 34.2. The van der Waals surface area contributed by atoms with E-state index >= 15 is 0 Å². The Labute approximate surface area is 352 Å². The van der Waals surface area contributed by atoms with Crippen molar-refractivity contribution < 1.29 is 0 Å². The standard InChI is InChI=1S/C58H46N2/c1-2-10-40(11-3-1)41-18-20-42(21-19-41)43-22-24-46(25-23-43)59(47-26-28-48(29-27-47)60-56-16-8-5-13-51(56)52-14-6-9-17-57(52)60)49-30-31-55-53(37-49)50-12-4-7-15-54(50)58(55)44-33-38-32-39(35-44)36-45(58)34-38/h1-31,37-39,44-45H,32-36H2. The predicted molar refractivity (Wildman–Crippen MR) is 250 cm³/mol. The molecule has 5 aliphatic rings. The second-order valence-electron chi connectivity index (χ2n) is 18.2. The number of benzene rings is 8. The summed E-state index contributed by atoms with van der Waals surface area (Å²) in [5.74, 6) is 3.36. The number of para-hydroxylation sites is 2. The van der Waals surface area contributed by atoms with Crippen molar-refractivity contribution in [1.82, 2.24) is 4.57 Å². The molecular formula is C58H46N2. The van der Waals surface area contributed by atoms with Gasteiger partial charge in [0.05, 0.1) is 11.0 Å². The molecule has 1 spiro atoms. The lowest BCUT2D eigenvalue weighted by molar-refractivity contribution is -0.0399. The SMILES string of the molecule is c1ccc(-c2ccc(-c3ccc(N(c4ccc(-n5c6ccccc6c6ccccc65)cc4)c4ccc5c(c4)-c4ccccc4C54C5CC6CC(C5)CC4C6)cc3)cc2)cc1. The summed E-state index contributed by atoms with van der Waals surface area (Å²) in [5.41, 5.74) is 18.3. The molecule has 0 amide bonds. The first-order valence-electron chi connectivity index (χ1n) is 22.1. The van der Waals surface area contributed by atoms with Gasteiger partial charge in [-0.25, -0.2) is 0 Å². The van der Waals surface area contributed by atoms with E-state index in [2.05, 4.69) is 204 Å². The van der Waals surface area contributed by atoms with Gasteiger partial charge in [0, 0.05) is 38.9 Å². The number of anilines is 3. The molecule has 0 unspecified atom stereocenters. The highest BCUT2D eigenvalue weighted by molar-refractivity contribution is 6.09. The van der Waals surface area contributed by atoms with Crippen LogP contribution in [-0.2, 0) is 5.41 Å². The zero-order chi connectivity index (χ0) is 39.4. The fourth-order valence-corrected chi connectivity index (χ4v) is 13.0. The Hall–Kier alpha value is -6.64. The van der Waals surface area contributed by atoms with Gasteiger partial charge in [-0.3, -0.25) is 0 Å². The van der Waals surface area contributed by atoms with Crippen LogP contribution in [0.5, 0.6) is 0 Å². The van der Waals surface area contributed by atoms with Crippen LogP contribution in [0.4, 0.5) is 17.1 Å². The molecule has 5 aliphatic carbocycles. The zero-order valence-electron chi connectivity index (χ0n) is 33.7. The Kier molecular flexibility index (Phi) is 7.52. The Balaban J connectivity index is 0.932. The van der Waals surface area contributed by atoms with Crippen molar-refractivity contribution in [3.63, 3.8) is 0 Å². The van der Waals surface area contributed by atoms with Gasteiger partial charge < -0.3 is 9.47 Å². The molecule has 2 nitrogen and oxygen atoms in total. The van der Waals surface area contributed by atoms with Crippen LogP contribution in [0.2, 0.25) is 0 Å². The fourth-order valence-electron chi connectivity index (χ4n) is 13.0. The third-order valence-corrected chi connectivity index (χ3v) is 15.2. The van der Waals surface area contributed by atoms with Gasteiger partial charge in [0.15, 0.2) is 0 Å². The fraction of sp³-hybridized carbons (Fsp3) is 0.172. The Morgan fingerprint density at radius 2 is 0.850 bits per heavy atom. The molecule has 0 aliphatic heterocycles. The summed E-state index contributed by atoms with van der Waals surface area (Å²) in [4.78, 5) is 2.47. The van der Waals surface area contributed by atoms with Gasteiger partial charge in [-0.2, -0.15) is 0 Å². The molecule has 9 aromatic rings. The van der Waals surface area contributed by atoms with Gasteiger partial charge in [-0.15, -0.1) is 0 Å². The lowest BCUT2D eigenvalue weighted by Gasteiger charge is -2.61. The summed E-state index contributed by atoms with van der Waals surface area (Å²) >= 11 is 0. The number of hydrogen-bond donors (Lipinski definition) is 0. The van der Waals surface area contributed by atoms with Crippen molar-refractivity contribution in [3.8, 4) is 39.1 Å². The molecule has 2 heteroatoms. The van der Waals surface area contributed by atoms with E-state index in [4.69, 9.17) is 0 Å². The normalized spacial score (nSPS) is 22.1. The van der Waals surface area contributed by atoms with Gasteiger partial charge >= 0.3 is 0 Å². The minimum absolute atomic E-state index is 0.157. The van der Waals surface area contributed by atoms with Crippen LogP contribution in [0.1, 0.15) is 43.2 Å². The van der Waals surface area contributed by atoms with Crippen molar-refractivity contribution in [3.05, 3.63) is 205 Å². The Morgan fingerprint density at radius 3 is 1.47 bits per heavy atom. The average molecular weight is 771 g/mol. The lowest BCUT2D eigenvalue weighted by Crippen LogP contribution is -2.55. The van der Waals surface area contributed by atoms with Crippen LogP contribution in [0, 0.1) is 23.7 Å². The number of rotatable bonds is 6. The molecular weight excluding hydrogens is 725 g/mol. The van der Waals surface area contributed by atoms with E-state index in [1.807, 2.05) is 0 Å². The van der Waals surface area contributed by atoms with Crippen LogP contribution < -0.4 is 4.90 Å². The van der Waals surface area contributed by atoms with Crippen molar-refractivity contribution in [1.29, 1.82) is 0 Å². The van der Waals surface area contributed by atoms with Crippen LogP contribution in [0.3, 0.4) is 0 Å². The molecule has 0 radical (unpaired) electrons. The van der Waals surface area contributed by atoms with Crippen molar-refractivity contribution in [2.75, 3.05) is 4.90 Å². The molecule has 60 heavy (non-hydrogen) atoms. The van der Waals surface area contributed by atoms with E-state index in [-0.39, 0.29) is 5.41 Å². The van der Waals surface area contributed by atoms with E-state index in [0.717, 1.165) is 40.7 Å². The molecule has 8 aromatic carbocycles. The molecule has 1 aromatic heterocycles. The number of aromatic nitrogens is 1. The lowest BCUT2D eigenvalue weighted by atomic mass is 9.43. The molecule has 1 heterocycles. The highest BCUT2D eigenvalue weighted by atomic mass is 15.1. The van der Waals surface area contributed by atoms with Gasteiger partial charge in [0.2, 0.25) is 0 Å². The summed E-state index contributed by atoms with van der Waals surface area (Å²) in [6, 6.07) is 72.6. The minimum Gasteiger partial charge on any atom is -0.310 e. The highest BCUT2D eigenvalue weighted by Gasteiger charge is 2.61. The molecule has 4 saturated carbocycles. The summed E-state index contributed by atoms with van der Waals surface area (Å²) < 4.78 is 2.41. The predicted octanol–water partition coefficient (Wildman–Crippen LogP) is 15.3. The Morgan fingerprint density at radius 1 is 0.383 bits per heavy atom. The number of nitrogens with zero attached hydrogens (tertiary/aromatic N) is 2. The average Bonchev–Trinajstić information content (AvgIpc) is 3.80. The smallest absolute Gasteiger partial charge is 0.0541 e. The van der Waals surface area contributed by atoms with Gasteiger partial charge in [0.1, 0.15) is 0 Å². The van der Waals surface area contributed by atoms with E-state index < -0.39 is 0 Å². The Bertz CT molecular complexity index is 3000. The molecule has 4 fully saturated rings. The van der Waals surface area contributed by atoms with E-state index in [1.165, 1.54) is 93.0 Å². The van der Waals surface area contributed by atoms with E-state index in [9.17, 15) is 0 Å². The maximum atomic E-state index is 2.55.